The first kappa shape index (κ1) is 21.6. The molecule has 3 rings (SSSR count). The zero-order valence-electron chi connectivity index (χ0n) is 15.6. The summed E-state index contributed by atoms with van der Waals surface area (Å²) in [6, 6.07) is 1.78. The van der Waals surface area contributed by atoms with E-state index in [0.29, 0.717) is 34.6 Å². The van der Waals surface area contributed by atoms with Gasteiger partial charge in [-0.1, -0.05) is 11.6 Å². The van der Waals surface area contributed by atoms with Gasteiger partial charge in [0.05, 0.1) is 23.6 Å². The average Bonchev–Trinajstić information content (AvgIpc) is 3.09. The highest BCUT2D eigenvalue weighted by Gasteiger charge is 2.33. The van der Waals surface area contributed by atoms with Gasteiger partial charge >= 0.3 is 6.18 Å². The maximum absolute atomic E-state index is 13.0. The quantitative estimate of drug-likeness (QED) is 0.670. The van der Waals surface area contributed by atoms with Gasteiger partial charge in [-0.2, -0.15) is 13.2 Å². The van der Waals surface area contributed by atoms with E-state index < -0.39 is 44.5 Å². The minimum atomic E-state index is -4.72. The van der Waals surface area contributed by atoms with Crippen molar-refractivity contribution in [2.24, 2.45) is 0 Å². The molecule has 0 amide bonds. The van der Waals surface area contributed by atoms with Gasteiger partial charge in [0.15, 0.2) is 15.6 Å². The molecule has 1 aliphatic heterocycles. The summed E-state index contributed by atoms with van der Waals surface area (Å²) in [6.45, 7) is 2.75. The number of hydrogen-bond acceptors (Lipinski definition) is 4. The van der Waals surface area contributed by atoms with E-state index in [0.717, 1.165) is 0 Å². The SMILES string of the molecule is Cc1cc(C(=O)Cn2cc(C(F)(F)F)cc(Cl)c2=O)c(C)n1[C@@H]1CCS(=O)(=O)C1. The van der Waals surface area contributed by atoms with Crippen molar-refractivity contribution < 1.29 is 26.4 Å². The highest BCUT2D eigenvalue weighted by molar-refractivity contribution is 7.91. The molecule has 1 fully saturated rings. The minimum Gasteiger partial charge on any atom is -0.344 e. The number of halogens is 4. The Kier molecular flexibility index (Phi) is 5.46. The number of aryl methyl sites for hydroxylation is 1. The van der Waals surface area contributed by atoms with Crippen molar-refractivity contribution in [2.45, 2.75) is 39.0 Å². The number of sulfone groups is 1. The molecule has 29 heavy (non-hydrogen) atoms. The Morgan fingerprint density at radius 1 is 1.28 bits per heavy atom. The van der Waals surface area contributed by atoms with E-state index in [1.807, 2.05) is 0 Å². The molecule has 0 radical (unpaired) electrons. The summed E-state index contributed by atoms with van der Waals surface area (Å²) in [7, 11) is -3.14. The third-order valence-corrected chi connectivity index (χ3v) is 7.06. The van der Waals surface area contributed by atoms with Crippen LogP contribution in [0.5, 0.6) is 0 Å². The molecule has 1 saturated heterocycles. The number of Topliss-reactive ketones (excluding diaryl/α,β-unsaturated/α-hetero) is 1. The lowest BCUT2D eigenvalue weighted by molar-refractivity contribution is -0.138. The normalized spacial score (nSPS) is 18.9. The number of carbonyl (C=O) groups excluding carboxylic acids is 1. The highest BCUT2D eigenvalue weighted by atomic mass is 35.5. The second-order valence-electron chi connectivity index (χ2n) is 7.14. The predicted molar refractivity (Wildman–Crippen MR) is 101 cm³/mol. The largest absolute Gasteiger partial charge is 0.417 e. The molecule has 0 bridgehead atoms. The molecule has 1 aliphatic rings. The van der Waals surface area contributed by atoms with Crippen LogP contribution in [-0.2, 0) is 22.6 Å². The van der Waals surface area contributed by atoms with E-state index in [1.54, 1.807) is 24.5 Å². The summed E-state index contributed by atoms with van der Waals surface area (Å²) in [6.07, 6.45) is -3.73. The summed E-state index contributed by atoms with van der Waals surface area (Å²) in [5.41, 5.74) is -0.615. The zero-order valence-corrected chi connectivity index (χ0v) is 17.2. The van der Waals surface area contributed by atoms with Crippen LogP contribution >= 0.6 is 11.6 Å². The number of rotatable bonds is 4. The van der Waals surface area contributed by atoms with E-state index >= 15 is 0 Å². The second kappa shape index (κ2) is 7.32. The standard InChI is InChI=1S/C18H18ClF3N2O4S/c1-10-5-14(11(2)24(10)13-3-4-29(27,28)9-13)16(25)8-23-7-12(18(20,21)22)6-15(19)17(23)26/h5-7,13H,3-4,8-9H2,1-2H3/t13-/m1/s1. The molecule has 11 heteroatoms. The summed E-state index contributed by atoms with van der Waals surface area (Å²) in [4.78, 5) is 24.8. The third-order valence-electron chi connectivity index (χ3n) is 5.04. The molecule has 3 heterocycles. The van der Waals surface area contributed by atoms with Gasteiger partial charge in [-0.05, 0) is 32.4 Å². The van der Waals surface area contributed by atoms with Gasteiger partial charge < -0.3 is 9.13 Å². The second-order valence-corrected chi connectivity index (χ2v) is 9.78. The monoisotopic (exact) mass is 450 g/mol. The molecule has 0 aliphatic carbocycles. The lowest BCUT2D eigenvalue weighted by Gasteiger charge is -2.16. The van der Waals surface area contributed by atoms with Crippen molar-refractivity contribution in [3.8, 4) is 0 Å². The van der Waals surface area contributed by atoms with E-state index in [1.165, 1.54) is 0 Å². The number of hydrogen-bond donors (Lipinski definition) is 0. The van der Waals surface area contributed by atoms with Crippen LogP contribution < -0.4 is 5.56 Å². The maximum atomic E-state index is 13.0. The van der Waals surface area contributed by atoms with Crippen molar-refractivity contribution in [1.29, 1.82) is 0 Å². The van der Waals surface area contributed by atoms with Crippen molar-refractivity contribution >= 4 is 27.2 Å². The van der Waals surface area contributed by atoms with Gasteiger partial charge in [-0.25, -0.2) is 8.42 Å². The van der Waals surface area contributed by atoms with E-state index in [9.17, 15) is 31.2 Å². The molecule has 2 aromatic rings. The molecular formula is C18H18ClF3N2O4S. The minimum absolute atomic E-state index is 0.0281. The van der Waals surface area contributed by atoms with Crippen LogP contribution in [0.2, 0.25) is 5.02 Å². The first-order valence-corrected chi connectivity index (χ1v) is 10.9. The zero-order chi connectivity index (χ0) is 21.7. The first-order chi connectivity index (χ1) is 13.3. The molecule has 0 unspecified atom stereocenters. The number of pyridine rings is 1. The number of aromatic nitrogens is 2. The summed E-state index contributed by atoms with van der Waals surface area (Å²) < 4.78 is 64.9. The molecule has 0 spiro atoms. The molecule has 2 aromatic heterocycles. The van der Waals surface area contributed by atoms with Gasteiger partial charge in [0, 0.05) is 29.2 Å². The third kappa shape index (κ3) is 4.28. The number of carbonyl (C=O) groups is 1. The van der Waals surface area contributed by atoms with Gasteiger partial charge in [0.25, 0.3) is 5.56 Å². The van der Waals surface area contributed by atoms with Crippen LogP contribution in [0.15, 0.2) is 23.1 Å². The number of nitrogens with zero attached hydrogens (tertiary/aromatic N) is 2. The van der Waals surface area contributed by atoms with Crippen LogP contribution in [0.3, 0.4) is 0 Å². The predicted octanol–water partition coefficient (Wildman–Crippen LogP) is 3.18. The Hall–Kier alpha value is -2.07. The topological polar surface area (TPSA) is 78.1 Å². The van der Waals surface area contributed by atoms with Crippen molar-refractivity contribution in [3.05, 3.63) is 56.2 Å². The molecule has 0 aromatic carbocycles. The van der Waals surface area contributed by atoms with Crippen LogP contribution in [0.1, 0.15) is 39.8 Å². The van der Waals surface area contributed by atoms with Crippen LogP contribution in [0, 0.1) is 13.8 Å². The van der Waals surface area contributed by atoms with Gasteiger partial charge in [-0.3, -0.25) is 9.59 Å². The lowest BCUT2D eigenvalue weighted by atomic mass is 10.1. The van der Waals surface area contributed by atoms with Crippen LogP contribution in [0.25, 0.3) is 0 Å². The molecule has 6 nitrogen and oxygen atoms in total. The Morgan fingerprint density at radius 2 is 1.93 bits per heavy atom. The van der Waals surface area contributed by atoms with E-state index in [-0.39, 0.29) is 23.1 Å². The van der Waals surface area contributed by atoms with Gasteiger partial charge in [0.1, 0.15) is 5.02 Å². The summed E-state index contributed by atoms with van der Waals surface area (Å²) >= 11 is 5.62. The fourth-order valence-electron chi connectivity index (χ4n) is 3.71. The molecular weight excluding hydrogens is 433 g/mol. The Morgan fingerprint density at radius 3 is 2.48 bits per heavy atom. The maximum Gasteiger partial charge on any atom is 0.417 e. The Bertz CT molecular complexity index is 1150. The fourth-order valence-corrected chi connectivity index (χ4v) is 5.64. The van der Waals surface area contributed by atoms with Crippen LogP contribution in [0.4, 0.5) is 13.2 Å². The molecule has 0 N–H and O–H groups in total. The molecule has 1 atom stereocenters. The van der Waals surface area contributed by atoms with Crippen molar-refractivity contribution in [1.82, 2.24) is 9.13 Å². The van der Waals surface area contributed by atoms with E-state index in [4.69, 9.17) is 11.6 Å². The smallest absolute Gasteiger partial charge is 0.344 e. The van der Waals surface area contributed by atoms with E-state index in [2.05, 4.69) is 0 Å². The number of alkyl halides is 3. The lowest BCUT2D eigenvalue weighted by Crippen LogP contribution is -2.26. The molecule has 158 valence electrons. The van der Waals surface area contributed by atoms with Gasteiger partial charge in [-0.15, -0.1) is 0 Å². The Balaban J connectivity index is 1.94. The Labute approximate surface area is 169 Å². The summed E-state index contributed by atoms with van der Waals surface area (Å²) in [5.74, 6) is -0.529. The number of ketones is 1. The fraction of sp³-hybridized carbons (Fsp3) is 0.444. The molecule has 0 saturated carbocycles. The summed E-state index contributed by atoms with van der Waals surface area (Å²) in [5, 5.41) is -0.630. The highest BCUT2D eigenvalue weighted by Crippen LogP contribution is 2.31. The first-order valence-electron chi connectivity index (χ1n) is 8.69. The van der Waals surface area contributed by atoms with Crippen molar-refractivity contribution in [3.63, 3.8) is 0 Å². The average molecular weight is 451 g/mol. The van der Waals surface area contributed by atoms with Crippen LogP contribution in [-0.4, -0.2) is 34.8 Å². The van der Waals surface area contributed by atoms with Gasteiger partial charge in [0.2, 0.25) is 0 Å². The van der Waals surface area contributed by atoms with Crippen molar-refractivity contribution in [2.75, 3.05) is 11.5 Å².